The molecule has 0 N–H and O–H groups in total. The minimum Gasteiger partial charge on any atom is -0.300 e. The molecule has 0 fully saturated rings. The van der Waals surface area contributed by atoms with Gasteiger partial charge >= 0.3 is 5.56 Å². The van der Waals surface area contributed by atoms with Gasteiger partial charge < -0.3 is 4.57 Å². The van der Waals surface area contributed by atoms with Gasteiger partial charge in [-0.05, 0) is 29.3 Å². The van der Waals surface area contributed by atoms with E-state index in [1.165, 1.54) is 0 Å². The van der Waals surface area contributed by atoms with Crippen LogP contribution >= 0.6 is 0 Å². The smallest absolute Gasteiger partial charge is 0.300 e. The van der Waals surface area contributed by atoms with Crippen molar-refractivity contribution in [3.8, 4) is 22.4 Å². The highest BCUT2D eigenvalue weighted by atomic mass is 16.1. The van der Waals surface area contributed by atoms with Gasteiger partial charge in [0, 0.05) is 30.8 Å². The van der Waals surface area contributed by atoms with Crippen LogP contribution in [0.3, 0.4) is 0 Å². The number of aromatic nitrogens is 2. The fraction of sp³-hybridized carbons (Fsp3) is 0.0400. The number of hydrogen-bond donors (Lipinski definition) is 0. The van der Waals surface area contributed by atoms with E-state index in [0.717, 1.165) is 33.4 Å². The molecule has 5 rings (SSSR count). The van der Waals surface area contributed by atoms with Gasteiger partial charge in [-0.1, -0.05) is 60.7 Å². The van der Waals surface area contributed by atoms with Gasteiger partial charge in [-0.25, -0.2) is 0 Å². The fourth-order valence-corrected chi connectivity index (χ4v) is 3.85. The SMILES string of the molecule is Cn1c(=O)c2cc(-c3ccccc3)cc(-c3ccccc3)[n+]2c2ccccc21. The minimum atomic E-state index is -0.00587. The molecule has 134 valence electrons. The molecule has 5 aromatic rings. The molecule has 0 saturated heterocycles. The van der Waals surface area contributed by atoms with Gasteiger partial charge in [0.15, 0.2) is 0 Å². The van der Waals surface area contributed by atoms with E-state index >= 15 is 0 Å². The second-order valence-corrected chi connectivity index (χ2v) is 6.93. The molecular formula is C25H19N2O+. The lowest BCUT2D eigenvalue weighted by Crippen LogP contribution is -2.36. The Bertz CT molecular complexity index is 1370. The van der Waals surface area contributed by atoms with E-state index in [0.29, 0.717) is 5.52 Å². The number of rotatable bonds is 2. The van der Waals surface area contributed by atoms with E-state index in [-0.39, 0.29) is 5.56 Å². The number of nitrogens with zero attached hydrogens (tertiary/aromatic N) is 2. The first kappa shape index (κ1) is 16.5. The molecule has 3 heteroatoms. The first-order chi connectivity index (χ1) is 13.7. The average Bonchev–Trinajstić information content (AvgIpc) is 2.78. The molecule has 28 heavy (non-hydrogen) atoms. The summed E-state index contributed by atoms with van der Waals surface area (Å²) >= 11 is 0. The van der Waals surface area contributed by atoms with Crippen molar-refractivity contribution >= 4 is 16.6 Å². The summed E-state index contributed by atoms with van der Waals surface area (Å²) < 4.78 is 3.81. The Morgan fingerprint density at radius 1 is 0.643 bits per heavy atom. The zero-order chi connectivity index (χ0) is 19.1. The molecule has 0 radical (unpaired) electrons. The normalized spacial score (nSPS) is 11.2. The molecule has 0 amide bonds. The highest BCUT2D eigenvalue weighted by Gasteiger charge is 2.23. The molecule has 3 aromatic carbocycles. The molecule has 0 bridgehead atoms. The topological polar surface area (TPSA) is 26.1 Å². The molecule has 0 spiro atoms. The lowest BCUT2D eigenvalue weighted by atomic mass is 10.0. The highest BCUT2D eigenvalue weighted by molar-refractivity contribution is 5.78. The maximum atomic E-state index is 13.3. The van der Waals surface area contributed by atoms with Crippen molar-refractivity contribution in [1.29, 1.82) is 0 Å². The van der Waals surface area contributed by atoms with Crippen LogP contribution in [0.4, 0.5) is 0 Å². The van der Waals surface area contributed by atoms with Gasteiger partial charge in [0.1, 0.15) is 5.52 Å². The molecule has 0 aliphatic heterocycles. The third-order valence-corrected chi connectivity index (χ3v) is 5.25. The average molecular weight is 363 g/mol. The molecule has 0 atom stereocenters. The van der Waals surface area contributed by atoms with E-state index in [1.807, 2.05) is 67.7 Å². The van der Waals surface area contributed by atoms with Crippen molar-refractivity contribution in [1.82, 2.24) is 4.57 Å². The summed E-state index contributed by atoms with van der Waals surface area (Å²) in [5.41, 5.74) is 6.80. The Kier molecular flexibility index (Phi) is 3.80. The molecule has 2 aromatic heterocycles. The number of pyridine rings is 1. The molecule has 2 heterocycles. The summed E-state index contributed by atoms with van der Waals surface area (Å²) in [7, 11) is 1.84. The van der Waals surface area contributed by atoms with Crippen LogP contribution in [-0.2, 0) is 7.05 Å². The summed E-state index contributed by atoms with van der Waals surface area (Å²) in [5, 5.41) is 0. The van der Waals surface area contributed by atoms with Crippen molar-refractivity contribution in [2.75, 3.05) is 0 Å². The summed E-state index contributed by atoms with van der Waals surface area (Å²) in [6.45, 7) is 0. The van der Waals surface area contributed by atoms with Crippen molar-refractivity contribution in [2.24, 2.45) is 7.05 Å². The van der Waals surface area contributed by atoms with Crippen LogP contribution in [0.15, 0.2) is 102 Å². The van der Waals surface area contributed by atoms with E-state index in [2.05, 4.69) is 40.8 Å². The predicted molar refractivity (Wildman–Crippen MR) is 113 cm³/mol. The van der Waals surface area contributed by atoms with E-state index in [9.17, 15) is 4.79 Å². The van der Waals surface area contributed by atoms with Gasteiger partial charge in [-0.2, -0.15) is 0 Å². The number of para-hydroxylation sites is 2. The van der Waals surface area contributed by atoms with Gasteiger partial charge in [0.2, 0.25) is 11.2 Å². The van der Waals surface area contributed by atoms with Gasteiger partial charge in [-0.3, -0.25) is 4.79 Å². The fourth-order valence-electron chi connectivity index (χ4n) is 3.85. The van der Waals surface area contributed by atoms with Crippen molar-refractivity contribution in [2.45, 2.75) is 0 Å². The van der Waals surface area contributed by atoms with Gasteiger partial charge in [0.05, 0.1) is 0 Å². The van der Waals surface area contributed by atoms with Crippen LogP contribution < -0.4 is 9.96 Å². The standard InChI is InChI=1S/C25H19N2O/c1-26-21-14-8-9-15-22(21)27-23(19-12-6-3-7-13-19)16-20(17-24(27)25(26)28)18-10-4-2-5-11-18/h2-17H,1H3/q+1. The van der Waals surface area contributed by atoms with Crippen molar-refractivity contribution in [3.05, 3.63) is 107 Å². The Labute approximate surface area is 162 Å². The molecule has 0 saturated carbocycles. The lowest BCUT2D eigenvalue weighted by Gasteiger charge is -2.09. The Balaban J connectivity index is 2.01. The number of benzene rings is 3. The van der Waals surface area contributed by atoms with E-state index in [1.54, 1.807) is 4.57 Å². The van der Waals surface area contributed by atoms with E-state index in [4.69, 9.17) is 0 Å². The van der Waals surface area contributed by atoms with Crippen LogP contribution in [-0.4, -0.2) is 4.57 Å². The molecule has 0 unspecified atom stereocenters. The highest BCUT2D eigenvalue weighted by Crippen LogP contribution is 2.26. The lowest BCUT2D eigenvalue weighted by molar-refractivity contribution is -0.470. The third kappa shape index (κ3) is 2.52. The second kappa shape index (κ2) is 6.46. The van der Waals surface area contributed by atoms with Gasteiger partial charge in [0.25, 0.3) is 5.52 Å². The number of aryl methyl sites for hydroxylation is 1. The largest absolute Gasteiger partial charge is 0.323 e. The van der Waals surface area contributed by atoms with Crippen LogP contribution in [0.2, 0.25) is 0 Å². The molecule has 3 nitrogen and oxygen atoms in total. The van der Waals surface area contributed by atoms with Crippen LogP contribution in [0.25, 0.3) is 38.9 Å². The first-order valence-electron chi connectivity index (χ1n) is 9.32. The van der Waals surface area contributed by atoms with E-state index < -0.39 is 0 Å². The summed E-state index contributed by atoms with van der Waals surface area (Å²) in [6.07, 6.45) is 0. The van der Waals surface area contributed by atoms with Crippen LogP contribution in [0, 0.1) is 0 Å². The third-order valence-electron chi connectivity index (χ3n) is 5.25. The zero-order valence-corrected chi connectivity index (χ0v) is 15.5. The molecular weight excluding hydrogens is 344 g/mol. The Morgan fingerprint density at radius 2 is 1.25 bits per heavy atom. The monoisotopic (exact) mass is 363 g/mol. The number of fused-ring (bicyclic) bond motifs is 3. The van der Waals surface area contributed by atoms with Crippen LogP contribution in [0.5, 0.6) is 0 Å². The van der Waals surface area contributed by atoms with Crippen molar-refractivity contribution < 1.29 is 4.40 Å². The molecule has 0 aliphatic carbocycles. The zero-order valence-electron chi connectivity index (χ0n) is 15.5. The summed E-state index contributed by atoms with van der Waals surface area (Å²) in [4.78, 5) is 13.3. The quantitative estimate of drug-likeness (QED) is 0.332. The molecule has 0 aliphatic rings. The second-order valence-electron chi connectivity index (χ2n) is 6.93. The predicted octanol–water partition coefficient (Wildman–Crippen LogP) is 4.61. The maximum Gasteiger partial charge on any atom is 0.323 e. The van der Waals surface area contributed by atoms with Crippen LogP contribution in [0.1, 0.15) is 0 Å². The maximum absolute atomic E-state index is 13.3. The Morgan fingerprint density at radius 3 is 1.96 bits per heavy atom. The van der Waals surface area contributed by atoms with Crippen molar-refractivity contribution in [3.63, 3.8) is 0 Å². The summed E-state index contributed by atoms with van der Waals surface area (Å²) in [5.74, 6) is 0. The minimum absolute atomic E-state index is 0.00587. The first-order valence-corrected chi connectivity index (χ1v) is 9.32. The summed E-state index contributed by atoms with van der Waals surface area (Å²) in [6, 6.07) is 32.6. The number of hydrogen-bond acceptors (Lipinski definition) is 1. The Hall–Kier alpha value is -3.72. The van der Waals surface area contributed by atoms with Gasteiger partial charge in [-0.15, -0.1) is 4.40 Å².